The zero-order valence-corrected chi connectivity index (χ0v) is 20.4. The van der Waals surface area contributed by atoms with E-state index >= 15 is 0 Å². The minimum absolute atomic E-state index is 0.00700. The zero-order chi connectivity index (χ0) is 24.7. The molecule has 3 aromatic rings. The lowest BCUT2D eigenvalue weighted by Crippen LogP contribution is -2.53. The Kier molecular flexibility index (Phi) is 8.31. The first-order valence-corrected chi connectivity index (χ1v) is 12.6. The lowest BCUT2D eigenvalue weighted by molar-refractivity contribution is -0.120. The van der Waals surface area contributed by atoms with E-state index in [-0.39, 0.29) is 17.2 Å². The number of likely N-dealkylation sites (N-methyl/N-ethyl adjacent to an activating group) is 1. The van der Waals surface area contributed by atoms with Gasteiger partial charge in [-0.2, -0.15) is 0 Å². The van der Waals surface area contributed by atoms with Crippen molar-refractivity contribution < 1.29 is 18.0 Å². The molecule has 0 spiro atoms. The van der Waals surface area contributed by atoms with Crippen molar-refractivity contribution in [1.82, 2.24) is 10.0 Å². The van der Waals surface area contributed by atoms with Gasteiger partial charge in [0.1, 0.15) is 6.04 Å². The molecule has 9 heteroatoms. The summed E-state index contributed by atoms with van der Waals surface area (Å²) < 4.78 is 27.5. The minimum atomic E-state index is -4.12. The fourth-order valence-electron chi connectivity index (χ4n) is 3.55. The summed E-state index contributed by atoms with van der Waals surface area (Å²) in [6, 6.07) is 20.3. The number of carbonyl (C=O) groups excluding carboxylic acids is 2. The number of hydrogen-bond donors (Lipinski definition) is 2. The number of amides is 3. The van der Waals surface area contributed by atoms with E-state index in [1.54, 1.807) is 49.4 Å². The van der Waals surface area contributed by atoms with Crippen molar-refractivity contribution in [3.05, 3.63) is 95.0 Å². The molecular weight excluding hydrogens is 474 g/mol. The van der Waals surface area contributed by atoms with Gasteiger partial charge < -0.3 is 10.2 Å². The van der Waals surface area contributed by atoms with Gasteiger partial charge in [0.15, 0.2) is 0 Å². The Balaban J connectivity index is 1.85. The summed E-state index contributed by atoms with van der Waals surface area (Å²) in [5.74, 6) is -0.378. The molecule has 7 nitrogen and oxygen atoms in total. The van der Waals surface area contributed by atoms with E-state index < -0.39 is 22.1 Å². The van der Waals surface area contributed by atoms with Crippen LogP contribution in [0.3, 0.4) is 0 Å². The molecule has 3 rings (SSSR count). The number of halogens is 1. The number of anilines is 1. The lowest BCUT2D eigenvalue weighted by atomic mass is 10.0. The van der Waals surface area contributed by atoms with Crippen LogP contribution >= 0.6 is 11.6 Å². The Hall–Kier alpha value is -3.36. The highest BCUT2D eigenvalue weighted by molar-refractivity contribution is 7.90. The van der Waals surface area contributed by atoms with Crippen LogP contribution in [0.1, 0.15) is 18.1 Å². The van der Waals surface area contributed by atoms with E-state index in [0.717, 1.165) is 5.56 Å². The van der Waals surface area contributed by atoms with Crippen LogP contribution in [0.4, 0.5) is 10.5 Å². The van der Waals surface area contributed by atoms with Crippen molar-refractivity contribution in [2.24, 2.45) is 0 Å². The number of hydrogen-bond acceptors (Lipinski definition) is 4. The fourth-order valence-corrected chi connectivity index (χ4v) is 4.84. The number of aryl methyl sites for hydroxylation is 1. The first kappa shape index (κ1) is 25.3. The number of carbonyl (C=O) groups is 2. The molecular formula is C25H26ClN3O4S. The van der Waals surface area contributed by atoms with E-state index in [0.29, 0.717) is 22.8 Å². The molecule has 0 aliphatic carbocycles. The van der Waals surface area contributed by atoms with Gasteiger partial charge >= 0.3 is 6.03 Å². The van der Waals surface area contributed by atoms with E-state index in [1.807, 2.05) is 42.0 Å². The van der Waals surface area contributed by atoms with Crippen LogP contribution in [0.5, 0.6) is 0 Å². The van der Waals surface area contributed by atoms with Gasteiger partial charge in [-0.1, -0.05) is 60.1 Å². The first-order chi connectivity index (χ1) is 16.2. The highest BCUT2D eigenvalue weighted by Crippen LogP contribution is 2.20. The molecule has 0 heterocycles. The summed E-state index contributed by atoms with van der Waals surface area (Å²) in [5, 5.41) is 3.09. The third-order valence-corrected chi connectivity index (χ3v) is 6.96. The average molecular weight is 500 g/mol. The second kappa shape index (κ2) is 11.2. The van der Waals surface area contributed by atoms with E-state index in [2.05, 4.69) is 5.32 Å². The number of urea groups is 1. The molecule has 0 saturated carbocycles. The number of nitrogens with one attached hydrogen (secondary N) is 2. The Morgan fingerprint density at radius 2 is 1.56 bits per heavy atom. The molecule has 1 unspecified atom stereocenters. The number of benzene rings is 3. The maximum atomic E-state index is 13.5. The summed E-state index contributed by atoms with van der Waals surface area (Å²) in [6.07, 6.45) is 0.182. The first-order valence-electron chi connectivity index (χ1n) is 10.7. The zero-order valence-electron chi connectivity index (χ0n) is 18.9. The molecule has 3 aromatic carbocycles. The lowest BCUT2D eigenvalue weighted by Gasteiger charge is -2.27. The van der Waals surface area contributed by atoms with Crippen LogP contribution < -0.4 is 14.9 Å². The Morgan fingerprint density at radius 1 is 0.941 bits per heavy atom. The van der Waals surface area contributed by atoms with Crippen molar-refractivity contribution >= 4 is 39.2 Å². The summed E-state index contributed by atoms with van der Waals surface area (Å²) in [4.78, 5) is 27.7. The average Bonchev–Trinajstić information content (AvgIpc) is 2.80. The molecule has 34 heavy (non-hydrogen) atoms. The number of rotatable bonds is 8. The fraction of sp³-hybridized carbons (Fsp3) is 0.200. The highest BCUT2D eigenvalue weighted by Gasteiger charge is 2.28. The quantitative estimate of drug-likeness (QED) is 0.483. The van der Waals surface area contributed by atoms with Crippen LogP contribution in [0, 0.1) is 6.92 Å². The molecule has 0 aliphatic rings. The molecule has 0 radical (unpaired) electrons. The maximum absolute atomic E-state index is 13.5. The maximum Gasteiger partial charge on any atom is 0.329 e. The SMILES string of the molecule is CCN(C(=O)C(Cc1ccccc1)NC(=O)NS(=O)(=O)c1ccccc1C)c1ccc(Cl)cc1. The van der Waals surface area contributed by atoms with Crippen molar-refractivity contribution in [1.29, 1.82) is 0 Å². The van der Waals surface area contributed by atoms with Crippen LogP contribution in [-0.2, 0) is 21.2 Å². The minimum Gasteiger partial charge on any atom is -0.325 e. The molecule has 178 valence electrons. The van der Waals surface area contributed by atoms with Gasteiger partial charge in [0, 0.05) is 23.7 Å². The van der Waals surface area contributed by atoms with Crippen molar-refractivity contribution in [3.63, 3.8) is 0 Å². The van der Waals surface area contributed by atoms with E-state index in [1.165, 1.54) is 11.0 Å². The summed E-state index contributed by atoms with van der Waals surface area (Å²) >= 11 is 5.98. The monoisotopic (exact) mass is 499 g/mol. The van der Waals surface area contributed by atoms with E-state index in [4.69, 9.17) is 11.6 Å². The van der Waals surface area contributed by atoms with Crippen molar-refractivity contribution in [2.45, 2.75) is 31.2 Å². The van der Waals surface area contributed by atoms with Crippen molar-refractivity contribution in [3.8, 4) is 0 Å². The summed E-state index contributed by atoms with van der Waals surface area (Å²) in [5.41, 5.74) is 1.93. The molecule has 3 amide bonds. The molecule has 0 fully saturated rings. The van der Waals surface area contributed by atoms with Gasteiger partial charge in [0.2, 0.25) is 5.91 Å². The van der Waals surface area contributed by atoms with Gasteiger partial charge in [0.25, 0.3) is 10.0 Å². The predicted molar refractivity (Wildman–Crippen MR) is 133 cm³/mol. The largest absolute Gasteiger partial charge is 0.329 e. The second-order valence-corrected chi connectivity index (χ2v) is 9.73. The Bertz CT molecular complexity index is 1250. The molecule has 0 aliphatic heterocycles. The van der Waals surface area contributed by atoms with Crippen LogP contribution in [0.2, 0.25) is 5.02 Å². The van der Waals surface area contributed by atoms with Gasteiger partial charge in [0.05, 0.1) is 4.90 Å². The molecule has 2 N–H and O–H groups in total. The normalized spacial score (nSPS) is 12.0. The highest BCUT2D eigenvalue weighted by atomic mass is 35.5. The summed E-state index contributed by atoms with van der Waals surface area (Å²) in [7, 11) is -4.12. The second-order valence-electron chi connectivity index (χ2n) is 7.65. The van der Waals surface area contributed by atoms with Crippen LogP contribution in [-0.4, -0.2) is 32.9 Å². The van der Waals surface area contributed by atoms with Crippen molar-refractivity contribution in [2.75, 3.05) is 11.4 Å². The molecule has 0 aromatic heterocycles. The van der Waals surface area contributed by atoms with Gasteiger partial charge in [-0.05, 0) is 55.3 Å². The molecule has 0 saturated heterocycles. The standard InChI is InChI=1S/C25H26ClN3O4S/c1-3-29(21-15-13-20(26)14-16-21)24(30)22(17-19-10-5-4-6-11-19)27-25(31)28-34(32,33)23-12-8-7-9-18(23)2/h4-16,22H,3,17H2,1-2H3,(H2,27,28,31). The smallest absolute Gasteiger partial charge is 0.325 e. The van der Waals surface area contributed by atoms with Crippen LogP contribution in [0.25, 0.3) is 0 Å². The third-order valence-electron chi connectivity index (χ3n) is 5.22. The Morgan fingerprint density at radius 3 is 2.18 bits per heavy atom. The van der Waals surface area contributed by atoms with E-state index in [9.17, 15) is 18.0 Å². The third kappa shape index (κ3) is 6.36. The Labute approximate surface area is 204 Å². The van der Waals surface area contributed by atoms with Gasteiger partial charge in [-0.25, -0.2) is 17.9 Å². The number of nitrogens with zero attached hydrogens (tertiary/aromatic N) is 1. The number of sulfonamides is 1. The topological polar surface area (TPSA) is 95.6 Å². The predicted octanol–water partition coefficient (Wildman–Crippen LogP) is 4.30. The van der Waals surface area contributed by atoms with Crippen LogP contribution in [0.15, 0.2) is 83.8 Å². The molecule has 1 atom stereocenters. The van der Waals surface area contributed by atoms with Gasteiger partial charge in [-0.3, -0.25) is 4.79 Å². The molecule has 0 bridgehead atoms. The van der Waals surface area contributed by atoms with Gasteiger partial charge in [-0.15, -0.1) is 0 Å². The summed E-state index contributed by atoms with van der Waals surface area (Å²) in [6.45, 7) is 3.80.